The molecule has 0 aromatic rings. The Bertz CT molecular complexity index is 232. The number of hydrogen-bond donors (Lipinski definition) is 1. The lowest BCUT2D eigenvalue weighted by atomic mass is 10.3. The lowest BCUT2D eigenvalue weighted by Gasteiger charge is -2.26. The summed E-state index contributed by atoms with van der Waals surface area (Å²) in [6, 6.07) is 0. The normalized spacial score (nSPS) is 27.9. The molecule has 2 aliphatic rings. The standard InChI is InChI=1S/C11H21N3O/c1-2-13-7-3-5-10(13)12-9-14-8-4-6-11(14)15/h10,12H,2-9H2,1H3. The first-order valence-electron chi connectivity index (χ1n) is 6.06. The van der Waals surface area contributed by atoms with E-state index >= 15 is 0 Å². The summed E-state index contributed by atoms with van der Waals surface area (Å²) in [5.74, 6) is 0.309. The molecule has 2 aliphatic heterocycles. The number of amides is 1. The highest BCUT2D eigenvalue weighted by molar-refractivity contribution is 5.77. The molecular weight excluding hydrogens is 190 g/mol. The third kappa shape index (κ3) is 2.49. The van der Waals surface area contributed by atoms with Gasteiger partial charge in [0.1, 0.15) is 0 Å². The van der Waals surface area contributed by atoms with Crippen molar-refractivity contribution in [2.45, 2.75) is 38.8 Å². The highest BCUT2D eigenvalue weighted by atomic mass is 16.2. The minimum Gasteiger partial charge on any atom is -0.330 e. The van der Waals surface area contributed by atoms with E-state index in [9.17, 15) is 4.79 Å². The van der Waals surface area contributed by atoms with Crippen molar-refractivity contribution in [3.63, 3.8) is 0 Å². The van der Waals surface area contributed by atoms with Crippen LogP contribution in [-0.4, -0.2) is 48.2 Å². The smallest absolute Gasteiger partial charge is 0.223 e. The lowest BCUT2D eigenvalue weighted by molar-refractivity contribution is -0.128. The highest BCUT2D eigenvalue weighted by Gasteiger charge is 2.25. The first kappa shape index (κ1) is 10.9. The van der Waals surface area contributed by atoms with Crippen molar-refractivity contribution >= 4 is 5.91 Å². The van der Waals surface area contributed by atoms with Crippen molar-refractivity contribution in [2.75, 3.05) is 26.3 Å². The maximum Gasteiger partial charge on any atom is 0.223 e. The molecule has 2 saturated heterocycles. The van der Waals surface area contributed by atoms with Crippen molar-refractivity contribution < 1.29 is 4.79 Å². The van der Waals surface area contributed by atoms with Crippen LogP contribution in [0.15, 0.2) is 0 Å². The summed E-state index contributed by atoms with van der Waals surface area (Å²) in [5.41, 5.74) is 0. The topological polar surface area (TPSA) is 35.6 Å². The van der Waals surface area contributed by atoms with Crippen LogP contribution in [0.3, 0.4) is 0 Å². The van der Waals surface area contributed by atoms with Crippen molar-refractivity contribution in [3.8, 4) is 0 Å². The summed E-state index contributed by atoms with van der Waals surface area (Å²) in [7, 11) is 0. The van der Waals surface area contributed by atoms with Gasteiger partial charge >= 0.3 is 0 Å². The lowest BCUT2D eigenvalue weighted by Crippen LogP contribution is -2.46. The van der Waals surface area contributed by atoms with Crippen molar-refractivity contribution in [1.29, 1.82) is 0 Å². The van der Waals surface area contributed by atoms with Gasteiger partial charge in [0, 0.05) is 13.0 Å². The largest absolute Gasteiger partial charge is 0.330 e. The Morgan fingerprint density at radius 1 is 1.40 bits per heavy atom. The van der Waals surface area contributed by atoms with Gasteiger partial charge < -0.3 is 4.90 Å². The zero-order chi connectivity index (χ0) is 10.7. The minimum absolute atomic E-state index is 0.309. The number of carbonyl (C=O) groups excluding carboxylic acids is 1. The van der Waals surface area contributed by atoms with Gasteiger partial charge in [-0.25, -0.2) is 0 Å². The summed E-state index contributed by atoms with van der Waals surface area (Å²) in [4.78, 5) is 15.8. The molecule has 2 heterocycles. The Morgan fingerprint density at radius 3 is 2.93 bits per heavy atom. The second kappa shape index (κ2) is 4.94. The predicted octanol–water partition coefficient (Wildman–Crippen LogP) is 0.598. The van der Waals surface area contributed by atoms with Crippen molar-refractivity contribution in [1.82, 2.24) is 15.1 Å². The van der Waals surface area contributed by atoms with E-state index in [0.29, 0.717) is 12.1 Å². The molecule has 15 heavy (non-hydrogen) atoms. The summed E-state index contributed by atoms with van der Waals surface area (Å²) >= 11 is 0. The van der Waals surface area contributed by atoms with Gasteiger partial charge in [0.2, 0.25) is 5.91 Å². The van der Waals surface area contributed by atoms with Crippen LogP contribution in [0.4, 0.5) is 0 Å². The molecule has 0 aromatic carbocycles. The number of nitrogens with zero attached hydrogens (tertiary/aromatic N) is 2. The summed E-state index contributed by atoms with van der Waals surface area (Å²) < 4.78 is 0. The number of rotatable bonds is 4. The number of carbonyl (C=O) groups is 1. The van der Waals surface area contributed by atoms with E-state index in [1.54, 1.807) is 0 Å². The van der Waals surface area contributed by atoms with Gasteiger partial charge in [-0.15, -0.1) is 0 Å². The molecule has 4 heteroatoms. The van der Waals surface area contributed by atoms with Crippen LogP contribution in [0.5, 0.6) is 0 Å². The monoisotopic (exact) mass is 211 g/mol. The van der Waals surface area contributed by atoms with Crippen LogP contribution in [-0.2, 0) is 4.79 Å². The van der Waals surface area contributed by atoms with E-state index in [1.165, 1.54) is 19.4 Å². The Hall–Kier alpha value is -0.610. The molecule has 0 aliphatic carbocycles. The third-order valence-corrected chi connectivity index (χ3v) is 3.46. The molecule has 1 atom stereocenters. The minimum atomic E-state index is 0.309. The van der Waals surface area contributed by atoms with Crippen LogP contribution >= 0.6 is 0 Å². The highest BCUT2D eigenvalue weighted by Crippen LogP contribution is 2.15. The summed E-state index contributed by atoms with van der Waals surface area (Å²) in [5, 5.41) is 3.49. The van der Waals surface area contributed by atoms with Crippen LogP contribution in [0, 0.1) is 0 Å². The fraction of sp³-hybridized carbons (Fsp3) is 0.909. The van der Waals surface area contributed by atoms with Gasteiger partial charge in [0.15, 0.2) is 0 Å². The van der Waals surface area contributed by atoms with Crippen LogP contribution in [0.2, 0.25) is 0 Å². The number of likely N-dealkylation sites (tertiary alicyclic amines) is 2. The van der Waals surface area contributed by atoms with Gasteiger partial charge in [-0.1, -0.05) is 6.92 Å². The van der Waals surface area contributed by atoms with Gasteiger partial charge in [-0.2, -0.15) is 0 Å². The second-order valence-corrected chi connectivity index (χ2v) is 4.41. The molecule has 0 radical (unpaired) electrons. The Labute approximate surface area is 91.6 Å². The van der Waals surface area contributed by atoms with Crippen LogP contribution in [0.1, 0.15) is 32.6 Å². The molecular formula is C11H21N3O. The van der Waals surface area contributed by atoms with E-state index in [-0.39, 0.29) is 0 Å². The molecule has 1 N–H and O–H groups in total. The Morgan fingerprint density at radius 2 is 2.27 bits per heavy atom. The van der Waals surface area contributed by atoms with E-state index in [0.717, 1.165) is 32.6 Å². The molecule has 4 nitrogen and oxygen atoms in total. The summed E-state index contributed by atoms with van der Waals surface area (Å²) in [6.07, 6.45) is 4.75. The fourth-order valence-electron chi connectivity index (χ4n) is 2.52. The van der Waals surface area contributed by atoms with Crippen LogP contribution in [0.25, 0.3) is 0 Å². The van der Waals surface area contributed by atoms with E-state index < -0.39 is 0 Å². The first-order valence-corrected chi connectivity index (χ1v) is 6.06. The molecule has 1 unspecified atom stereocenters. The van der Waals surface area contributed by atoms with E-state index in [4.69, 9.17) is 0 Å². The molecule has 86 valence electrons. The second-order valence-electron chi connectivity index (χ2n) is 4.41. The van der Waals surface area contributed by atoms with Crippen molar-refractivity contribution in [3.05, 3.63) is 0 Å². The Kier molecular flexibility index (Phi) is 3.59. The van der Waals surface area contributed by atoms with E-state index in [2.05, 4.69) is 17.1 Å². The Balaban J connectivity index is 1.75. The van der Waals surface area contributed by atoms with Gasteiger partial charge in [0.05, 0.1) is 12.8 Å². The third-order valence-electron chi connectivity index (χ3n) is 3.46. The average molecular weight is 211 g/mol. The maximum atomic E-state index is 11.4. The molecule has 0 bridgehead atoms. The predicted molar refractivity (Wildman–Crippen MR) is 59.2 cm³/mol. The maximum absolute atomic E-state index is 11.4. The molecule has 2 fully saturated rings. The molecule has 0 spiro atoms. The van der Waals surface area contributed by atoms with E-state index in [1.807, 2.05) is 4.90 Å². The SMILES string of the molecule is CCN1CCCC1NCN1CCCC1=O. The molecule has 0 saturated carbocycles. The van der Waals surface area contributed by atoms with Gasteiger partial charge in [-0.3, -0.25) is 15.0 Å². The molecule has 1 amide bonds. The van der Waals surface area contributed by atoms with Crippen LogP contribution < -0.4 is 5.32 Å². The summed E-state index contributed by atoms with van der Waals surface area (Å²) in [6.45, 7) is 6.17. The quantitative estimate of drug-likeness (QED) is 0.739. The fourth-order valence-corrected chi connectivity index (χ4v) is 2.52. The first-order chi connectivity index (χ1) is 7.31. The van der Waals surface area contributed by atoms with Gasteiger partial charge in [0.25, 0.3) is 0 Å². The molecule has 2 rings (SSSR count). The average Bonchev–Trinajstić information content (AvgIpc) is 2.83. The zero-order valence-corrected chi connectivity index (χ0v) is 9.54. The molecule has 0 aromatic heterocycles. The zero-order valence-electron chi connectivity index (χ0n) is 9.54. The van der Waals surface area contributed by atoms with Gasteiger partial charge in [-0.05, 0) is 32.4 Å². The number of hydrogen-bond acceptors (Lipinski definition) is 3. The van der Waals surface area contributed by atoms with Crippen molar-refractivity contribution in [2.24, 2.45) is 0 Å². The number of nitrogens with one attached hydrogen (secondary N) is 1.